The van der Waals surface area contributed by atoms with E-state index in [1.165, 1.54) is 44.9 Å². The normalized spacial score (nSPS) is 17.5. The van der Waals surface area contributed by atoms with Crippen molar-refractivity contribution in [1.82, 2.24) is 9.88 Å². The second-order valence-corrected chi connectivity index (χ2v) is 8.42. The van der Waals surface area contributed by atoms with Crippen molar-refractivity contribution in [3.8, 4) is 11.8 Å². The van der Waals surface area contributed by atoms with Gasteiger partial charge in [0.25, 0.3) is 0 Å². The SMILES string of the molecule is CC.COc1ccc(NC(=O)Nc2ccccc2C(C)C)c(OC(F)F)n1.O=CN1C2CCC1CC2. The Balaban J connectivity index is 0.000000341. The molecule has 0 saturated carbocycles. The van der Waals surface area contributed by atoms with Gasteiger partial charge in [-0.25, -0.2) is 4.79 Å². The summed E-state index contributed by atoms with van der Waals surface area (Å²) in [5.41, 5.74) is 1.59. The molecule has 8 nitrogen and oxygen atoms in total. The number of carbonyl (C=O) groups is 2. The van der Waals surface area contributed by atoms with Crippen LogP contribution in [-0.2, 0) is 4.79 Å². The van der Waals surface area contributed by atoms with Crippen LogP contribution in [0.1, 0.15) is 64.9 Å². The van der Waals surface area contributed by atoms with Crippen LogP contribution < -0.4 is 20.1 Å². The third kappa shape index (κ3) is 7.79. The first kappa shape index (κ1) is 28.8. The van der Waals surface area contributed by atoms with Crippen molar-refractivity contribution in [3.05, 3.63) is 42.0 Å². The quantitative estimate of drug-likeness (QED) is 0.433. The van der Waals surface area contributed by atoms with Crippen LogP contribution in [0.3, 0.4) is 0 Å². The summed E-state index contributed by atoms with van der Waals surface area (Å²) in [5, 5.41) is 5.15. The molecule has 0 unspecified atom stereocenters. The summed E-state index contributed by atoms with van der Waals surface area (Å²) >= 11 is 0. The first-order valence-corrected chi connectivity index (χ1v) is 12.2. The number of fused-ring (bicyclic) bond motifs is 2. The number of alkyl halides is 2. The standard InChI is InChI=1S/C17H19F2N3O3.C7H11NO.C2H6/c1-10(2)11-6-4-5-7-12(11)20-17(23)21-13-8-9-14(24-3)22-15(13)25-16(18)19;9-5-8-6-1-2-7(8)4-3-6;1-2/h4-10,16H,1-3H3,(H2,20,21,23);5-7H,1-4H2;1-2H3. The molecule has 10 heteroatoms. The molecule has 0 atom stereocenters. The molecule has 2 aliphatic rings. The number of hydrogen-bond donors (Lipinski definition) is 2. The Bertz CT molecular complexity index is 970. The van der Waals surface area contributed by atoms with E-state index < -0.39 is 18.5 Å². The molecule has 0 aliphatic carbocycles. The monoisotopic (exact) mass is 506 g/mol. The van der Waals surface area contributed by atoms with Crippen LogP contribution in [0.25, 0.3) is 0 Å². The first-order valence-electron chi connectivity index (χ1n) is 12.2. The van der Waals surface area contributed by atoms with Crippen molar-refractivity contribution in [2.24, 2.45) is 0 Å². The molecule has 198 valence electrons. The van der Waals surface area contributed by atoms with E-state index in [1.807, 2.05) is 44.7 Å². The molecule has 0 radical (unpaired) electrons. The number of aromatic nitrogens is 1. The maximum absolute atomic E-state index is 12.5. The number of halogens is 2. The van der Waals surface area contributed by atoms with E-state index in [1.54, 1.807) is 12.1 Å². The van der Waals surface area contributed by atoms with Crippen LogP contribution in [0.5, 0.6) is 11.8 Å². The summed E-state index contributed by atoms with van der Waals surface area (Å²) in [7, 11) is 1.34. The predicted molar refractivity (Wildman–Crippen MR) is 136 cm³/mol. The lowest BCUT2D eigenvalue weighted by atomic mass is 10.0. The summed E-state index contributed by atoms with van der Waals surface area (Å²) in [4.78, 5) is 28.4. The van der Waals surface area contributed by atoms with Gasteiger partial charge in [-0.2, -0.15) is 13.8 Å². The van der Waals surface area contributed by atoms with Crippen LogP contribution in [0.4, 0.5) is 25.0 Å². The fraction of sp³-hybridized carbons (Fsp3) is 0.500. The number of carbonyl (C=O) groups excluding carboxylic acids is 2. The van der Waals surface area contributed by atoms with Gasteiger partial charge >= 0.3 is 12.6 Å². The van der Waals surface area contributed by atoms with E-state index in [0.29, 0.717) is 17.8 Å². The third-order valence-corrected chi connectivity index (χ3v) is 5.95. The second kappa shape index (κ2) is 14.2. The lowest BCUT2D eigenvalue weighted by molar-refractivity contribution is -0.119. The molecule has 3 amide bonds. The molecule has 0 spiro atoms. The molecule has 3 heterocycles. The lowest BCUT2D eigenvalue weighted by Crippen LogP contribution is -2.26. The zero-order valence-corrected chi connectivity index (χ0v) is 21.5. The molecule has 2 fully saturated rings. The Kier molecular flexibility index (Phi) is 11.4. The minimum atomic E-state index is -3.08. The molecule has 2 N–H and O–H groups in total. The van der Waals surface area contributed by atoms with Crippen molar-refractivity contribution in [2.75, 3.05) is 17.7 Å². The highest BCUT2D eigenvalue weighted by atomic mass is 19.3. The number of methoxy groups -OCH3 is 1. The smallest absolute Gasteiger partial charge is 0.388 e. The maximum atomic E-state index is 12.5. The minimum absolute atomic E-state index is 0.000582. The van der Waals surface area contributed by atoms with Gasteiger partial charge in [0.1, 0.15) is 5.69 Å². The molecule has 2 aliphatic heterocycles. The number of nitrogens with one attached hydrogen (secondary N) is 2. The van der Waals surface area contributed by atoms with Crippen molar-refractivity contribution >= 4 is 23.8 Å². The van der Waals surface area contributed by atoms with E-state index in [4.69, 9.17) is 4.74 Å². The Morgan fingerprint density at radius 3 is 2.11 bits per heavy atom. The number of anilines is 2. The molecule has 1 aromatic heterocycles. The number of benzene rings is 1. The van der Waals surface area contributed by atoms with E-state index >= 15 is 0 Å². The number of amides is 3. The summed E-state index contributed by atoms with van der Waals surface area (Å²) < 4.78 is 34.3. The van der Waals surface area contributed by atoms with Gasteiger partial charge in [-0.3, -0.25) is 4.79 Å². The summed E-state index contributed by atoms with van der Waals surface area (Å²) in [6, 6.07) is 10.8. The Morgan fingerprint density at radius 1 is 1.03 bits per heavy atom. The highest BCUT2D eigenvalue weighted by Crippen LogP contribution is 2.35. The number of para-hydroxylation sites is 1. The highest BCUT2D eigenvalue weighted by molar-refractivity contribution is 6.01. The van der Waals surface area contributed by atoms with Crippen LogP contribution in [0.15, 0.2) is 36.4 Å². The van der Waals surface area contributed by atoms with Gasteiger partial charge < -0.3 is 25.0 Å². The Labute approximate surface area is 211 Å². The van der Waals surface area contributed by atoms with Crippen LogP contribution in [0, 0.1) is 0 Å². The Morgan fingerprint density at radius 2 is 1.61 bits per heavy atom. The second-order valence-electron chi connectivity index (χ2n) is 8.42. The van der Waals surface area contributed by atoms with Crippen LogP contribution in [-0.4, -0.2) is 48.1 Å². The number of ether oxygens (including phenoxy) is 2. The van der Waals surface area contributed by atoms with E-state index in [2.05, 4.69) is 20.4 Å². The number of nitrogens with zero attached hydrogens (tertiary/aromatic N) is 2. The van der Waals surface area contributed by atoms with E-state index in [0.717, 1.165) is 12.0 Å². The topological polar surface area (TPSA) is 92.8 Å². The zero-order valence-electron chi connectivity index (χ0n) is 21.5. The van der Waals surface area contributed by atoms with Gasteiger partial charge in [0.15, 0.2) is 0 Å². The summed E-state index contributed by atoms with van der Waals surface area (Å²) in [6.07, 6.45) is 6.04. The minimum Gasteiger partial charge on any atom is -0.481 e. The number of pyridine rings is 1. The van der Waals surface area contributed by atoms with E-state index in [9.17, 15) is 18.4 Å². The maximum Gasteiger partial charge on any atom is 0.388 e. The van der Waals surface area contributed by atoms with Gasteiger partial charge in [-0.15, -0.1) is 0 Å². The average molecular weight is 507 g/mol. The molecule has 2 bridgehead atoms. The fourth-order valence-electron chi connectivity index (χ4n) is 4.32. The van der Waals surface area contributed by atoms with Crippen molar-refractivity contribution in [3.63, 3.8) is 0 Å². The number of urea groups is 1. The molecule has 2 saturated heterocycles. The molecule has 2 aromatic rings. The van der Waals surface area contributed by atoms with Crippen molar-refractivity contribution in [2.45, 2.75) is 78.0 Å². The summed E-state index contributed by atoms with van der Waals surface area (Å²) in [5.74, 6) is -0.134. The van der Waals surface area contributed by atoms with Crippen molar-refractivity contribution < 1.29 is 27.8 Å². The van der Waals surface area contributed by atoms with Gasteiger partial charge in [0.2, 0.25) is 18.2 Å². The fourth-order valence-corrected chi connectivity index (χ4v) is 4.32. The van der Waals surface area contributed by atoms with Gasteiger partial charge in [0, 0.05) is 23.8 Å². The summed E-state index contributed by atoms with van der Waals surface area (Å²) in [6.45, 7) is 4.92. The largest absolute Gasteiger partial charge is 0.481 e. The Hall–Kier alpha value is -3.43. The molecular formula is C26H36F2N4O4. The average Bonchev–Trinajstić information content (AvgIpc) is 3.46. The van der Waals surface area contributed by atoms with E-state index in [-0.39, 0.29) is 17.5 Å². The first-order chi connectivity index (χ1) is 17.3. The third-order valence-electron chi connectivity index (χ3n) is 5.95. The highest BCUT2D eigenvalue weighted by Gasteiger charge is 2.37. The van der Waals surface area contributed by atoms with Crippen LogP contribution in [0.2, 0.25) is 0 Å². The molecular weight excluding hydrogens is 470 g/mol. The number of hydrogen-bond acceptors (Lipinski definition) is 5. The van der Waals surface area contributed by atoms with Gasteiger partial charge in [0.05, 0.1) is 7.11 Å². The zero-order chi connectivity index (χ0) is 26.7. The lowest BCUT2D eigenvalue weighted by Gasteiger charge is -2.15. The predicted octanol–water partition coefficient (Wildman–Crippen LogP) is 6.25. The van der Waals surface area contributed by atoms with Crippen molar-refractivity contribution in [1.29, 1.82) is 0 Å². The molecule has 1 aromatic carbocycles. The van der Waals surface area contributed by atoms with Gasteiger partial charge in [-0.1, -0.05) is 45.9 Å². The van der Waals surface area contributed by atoms with Crippen LogP contribution >= 0.6 is 0 Å². The molecule has 4 rings (SSSR count). The van der Waals surface area contributed by atoms with Gasteiger partial charge in [-0.05, 0) is 49.3 Å². The number of rotatable bonds is 7. The molecule has 36 heavy (non-hydrogen) atoms.